The van der Waals surface area contributed by atoms with E-state index >= 15 is 0 Å². The van der Waals surface area contributed by atoms with Gasteiger partial charge in [0.2, 0.25) is 0 Å². The molecule has 3 rings (SSSR count). The predicted octanol–water partition coefficient (Wildman–Crippen LogP) is 2.82. The van der Waals surface area contributed by atoms with Gasteiger partial charge in [-0.2, -0.15) is 6.08 Å². The van der Waals surface area contributed by atoms with Gasteiger partial charge in [0, 0.05) is 0 Å². The van der Waals surface area contributed by atoms with Crippen LogP contribution in [0.25, 0.3) is 0 Å². The van der Waals surface area contributed by atoms with E-state index in [9.17, 15) is 10.2 Å². The third kappa shape index (κ3) is 10.2. The molecule has 0 heterocycles. The molecule has 1 aliphatic rings. The first-order valence-electron chi connectivity index (χ1n) is 5.95. The van der Waals surface area contributed by atoms with E-state index < -0.39 is 0 Å². The molecule has 20 heavy (non-hydrogen) atoms. The summed E-state index contributed by atoms with van der Waals surface area (Å²) >= 11 is 0. The number of rotatable bonds is 0. The molecule has 0 fully saturated rings. The second kappa shape index (κ2) is 12.3. The molecule has 1 radical (unpaired) electrons. The normalized spacial score (nSPS) is 10.4. The van der Waals surface area contributed by atoms with Crippen molar-refractivity contribution in [2.75, 3.05) is 0 Å². The summed E-state index contributed by atoms with van der Waals surface area (Å²) in [5.74, 6) is 0.144. The van der Waals surface area contributed by atoms with Crippen LogP contribution in [0, 0.1) is 6.08 Å². The van der Waals surface area contributed by atoms with Gasteiger partial charge in [0.05, 0.1) is 0 Å². The molecule has 0 saturated carbocycles. The van der Waals surface area contributed by atoms with E-state index in [1.165, 1.54) is 24.3 Å². The van der Waals surface area contributed by atoms with Crippen molar-refractivity contribution in [3.63, 3.8) is 0 Å². The van der Waals surface area contributed by atoms with Crippen molar-refractivity contribution in [1.29, 1.82) is 0 Å². The van der Waals surface area contributed by atoms with Crippen LogP contribution in [0.4, 0.5) is 0 Å². The van der Waals surface area contributed by atoms with Crippen LogP contribution in [-0.4, -0.2) is 0 Å². The minimum atomic E-state index is 0. The SMILES string of the molecule is [C-]1=CC=CC1.[O-]c1ccccc1.[O-]c1ccccc1.[Ti+3]. The molecule has 0 aliphatic heterocycles. The molecular formula is C17H15O2Ti. The van der Waals surface area contributed by atoms with E-state index in [1.54, 1.807) is 24.3 Å². The number of para-hydroxylation sites is 2. The summed E-state index contributed by atoms with van der Waals surface area (Å²) in [6, 6.07) is 16.7. The maximum Gasteiger partial charge on any atom is 3.00 e. The Hall–Kier alpha value is -1.77. The van der Waals surface area contributed by atoms with E-state index in [0.29, 0.717) is 0 Å². The maximum atomic E-state index is 10.3. The predicted molar refractivity (Wildman–Crippen MR) is 73.3 cm³/mol. The third-order valence-electron chi connectivity index (χ3n) is 2.07. The van der Waals surface area contributed by atoms with Crippen LogP contribution in [0.2, 0.25) is 0 Å². The zero-order valence-electron chi connectivity index (χ0n) is 11.0. The van der Waals surface area contributed by atoms with Crippen molar-refractivity contribution < 1.29 is 31.9 Å². The fourth-order valence-corrected chi connectivity index (χ4v) is 1.18. The van der Waals surface area contributed by atoms with Crippen LogP contribution in [0.5, 0.6) is 11.5 Å². The maximum absolute atomic E-state index is 10.3. The van der Waals surface area contributed by atoms with Gasteiger partial charge in [-0.3, -0.25) is 6.08 Å². The van der Waals surface area contributed by atoms with E-state index in [0.717, 1.165) is 6.42 Å². The van der Waals surface area contributed by atoms with Gasteiger partial charge in [0.15, 0.2) is 0 Å². The van der Waals surface area contributed by atoms with Gasteiger partial charge < -0.3 is 10.2 Å². The van der Waals surface area contributed by atoms with Crippen LogP contribution in [-0.2, 0) is 21.7 Å². The molecule has 0 atom stereocenters. The Morgan fingerprint density at radius 2 is 1.20 bits per heavy atom. The Morgan fingerprint density at radius 3 is 1.35 bits per heavy atom. The molecule has 0 amide bonds. The quantitative estimate of drug-likeness (QED) is 0.554. The summed E-state index contributed by atoms with van der Waals surface area (Å²) in [6.45, 7) is 0. The minimum absolute atomic E-state index is 0. The second-order valence-electron chi connectivity index (χ2n) is 3.63. The largest absolute Gasteiger partial charge is 3.00 e. The summed E-state index contributed by atoms with van der Waals surface area (Å²) in [5, 5.41) is 20.5. The number of hydrogen-bond acceptors (Lipinski definition) is 2. The molecule has 2 aromatic rings. The van der Waals surface area contributed by atoms with E-state index in [-0.39, 0.29) is 33.2 Å². The van der Waals surface area contributed by atoms with Crippen molar-refractivity contribution in [1.82, 2.24) is 0 Å². The van der Waals surface area contributed by atoms with Gasteiger partial charge >= 0.3 is 21.7 Å². The van der Waals surface area contributed by atoms with Crippen molar-refractivity contribution in [2.45, 2.75) is 6.42 Å². The fraction of sp³-hybridized carbons (Fsp3) is 0.0588. The molecule has 0 N–H and O–H groups in total. The molecule has 0 aromatic heterocycles. The van der Waals surface area contributed by atoms with Crippen LogP contribution in [0.1, 0.15) is 6.42 Å². The molecular weight excluding hydrogens is 284 g/mol. The molecule has 99 valence electrons. The van der Waals surface area contributed by atoms with Crippen molar-refractivity contribution in [3.05, 3.63) is 85.0 Å². The van der Waals surface area contributed by atoms with Crippen molar-refractivity contribution in [3.8, 4) is 11.5 Å². The first-order chi connectivity index (χ1) is 9.29. The number of hydrogen-bond donors (Lipinski definition) is 0. The van der Waals surface area contributed by atoms with E-state index in [4.69, 9.17) is 0 Å². The van der Waals surface area contributed by atoms with E-state index in [2.05, 4.69) is 12.2 Å². The molecule has 0 spiro atoms. The Labute approximate surface area is 135 Å². The summed E-state index contributed by atoms with van der Waals surface area (Å²) in [6.07, 6.45) is 10.0. The van der Waals surface area contributed by atoms with Crippen LogP contribution in [0.15, 0.2) is 78.9 Å². The molecule has 3 heteroatoms. The second-order valence-corrected chi connectivity index (χ2v) is 3.63. The monoisotopic (exact) mass is 299 g/mol. The summed E-state index contributed by atoms with van der Waals surface area (Å²) in [7, 11) is 0. The van der Waals surface area contributed by atoms with Crippen LogP contribution in [0.3, 0.4) is 0 Å². The Bertz CT molecular complexity index is 445. The molecule has 2 aromatic carbocycles. The standard InChI is InChI=1S/2C6H6O.C5H5.Ti/c2*7-6-4-2-1-3-5-6;1-2-4-5-3-1;/h2*1-5,7H;1-3H,4H2;/q;;-1;+3/p-2. The topological polar surface area (TPSA) is 46.1 Å². The molecule has 2 nitrogen and oxygen atoms in total. The van der Waals surface area contributed by atoms with Gasteiger partial charge in [-0.05, 0) is 0 Å². The van der Waals surface area contributed by atoms with Crippen LogP contribution >= 0.6 is 0 Å². The molecule has 0 saturated heterocycles. The Kier molecular flexibility index (Phi) is 11.2. The van der Waals surface area contributed by atoms with Gasteiger partial charge in [-0.15, -0.1) is 17.9 Å². The van der Waals surface area contributed by atoms with Gasteiger partial charge in [0.25, 0.3) is 0 Å². The Morgan fingerprint density at radius 1 is 0.750 bits per heavy atom. The minimum Gasteiger partial charge on any atom is -0.872 e. The van der Waals surface area contributed by atoms with Gasteiger partial charge in [0.1, 0.15) is 0 Å². The average Bonchev–Trinajstić information content (AvgIpc) is 3.00. The van der Waals surface area contributed by atoms with E-state index in [1.807, 2.05) is 24.3 Å². The summed E-state index contributed by atoms with van der Waals surface area (Å²) < 4.78 is 0. The first-order valence-corrected chi connectivity index (χ1v) is 5.95. The molecule has 0 unspecified atom stereocenters. The summed E-state index contributed by atoms with van der Waals surface area (Å²) in [4.78, 5) is 0. The zero-order valence-corrected chi connectivity index (χ0v) is 12.6. The van der Waals surface area contributed by atoms with Gasteiger partial charge in [-0.1, -0.05) is 60.7 Å². The van der Waals surface area contributed by atoms with Gasteiger partial charge in [-0.25, -0.2) is 12.2 Å². The summed E-state index contributed by atoms with van der Waals surface area (Å²) in [5.41, 5.74) is 0. The van der Waals surface area contributed by atoms with Crippen molar-refractivity contribution in [2.24, 2.45) is 0 Å². The van der Waals surface area contributed by atoms with Crippen molar-refractivity contribution >= 4 is 0 Å². The van der Waals surface area contributed by atoms with Crippen LogP contribution < -0.4 is 10.2 Å². The Balaban J connectivity index is 0.000000268. The first kappa shape index (κ1) is 18.2. The smallest absolute Gasteiger partial charge is 0.872 e. The number of allylic oxidation sites excluding steroid dienone is 4. The molecule has 0 bridgehead atoms. The zero-order chi connectivity index (χ0) is 13.8. The average molecular weight is 299 g/mol. The fourth-order valence-electron chi connectivity index (χ4n) is 1.18. The number of benzene rings is 2. The third-order valence-corrected chi connectivity index (χ3v) is 2.07. The molecule has 1 aliphatic carbocycles.